The van der Waals surface area contributed by atoms with Gasteiger partial charge in [-0.1, -0.05) is 65.0 Å². The predicted octanol–water partition coefficient (Wildman–Crippen LogP) is 4.75. The number of allylic oxidation sites excluding steroid dienone is 5. The van der Waals surface area contributed by atoms with Crippen LogP contribution in [0.15, 0.2) is 36.5 Å². The summed E-state index contributed by atoms with van der Waals surface area (Å²) >= 11 is 0. The largest absolute Gasteiger partial charge is 0.0991 e. The molecule has 0 heterocycles. The maximum Gasteiger partial charge on any atom is -0.0139 e. The van der Waals surface area contributed by atoms with E-state index < -0.39 is 0 Å². The fraction of sp³-hybridized carbons (Fsp3) is 0.571. The standard InChI is InChI=1S/C14H24/c1-7-10-13(11-8-2)12(4)14(5,6)9-3/h7-8,10-12H,1,9H2,2-6H3/b11-8-,13-10+. The van der Waals surface area contributed by atoms with Crippen LogP contribution < -0.4 is 0 Å². The number of hydrogen-bond donors (Lipinski definition) is 0. The zero-order chi connectivity index (χ0) is 11.2. The average Bonchev–Trinajstić information content (AvgIpc) is 2.16. The maximum atomic E-state index is 3.76. The van der Waals surface area contributed by atoms with Gasteiger partial charge in [0.2, 0.25) is 0 Å². The van der Waals surface area contributed by atoms with Crippen LogP contribution >= 0.6 is 0 Å². The summed E-state index contributed by atoms with van der Waals surface area (Å²) in [5.74, 6) is 0.571. The topological polar surface area (TPSA) is 0 Å². The molecule has 0 fully saturated rings. The van der Waals surface area contributed by atoms with E-state index in [2.05, 4.69) is 59.4 Å². The summed E-state index contributed by atoms with van der Waals surface area (Å²) in [7, 11) is 0. The van der Waals surface area contributed by atoms with Gasteiger partial charge in [0, 0.05) is 0 Å². The van der Waals surface area contributed by atoms with Gasteiger partial charge in [-0.25, -0.2) is 0 Å². The highest BCUT2D eigenvalue weighted by molar-refractivity contribution is 5.26. The molecule has 0 N–H and O–H groups in total. The molecule has 0 aromatic heterocycles. The highest BCUT2D eigenvalue weighted by Crippen LogP contribution is 2.35. The van der Waals surface area contributed by atoms with Crippen LogP contribution in [0.2, 0.25) is 0 Å². The first-order valence-corrected chi connectivity index (χ1v) is 5.44. The predicted molar refractivity (Wildman–Crippen MR) is 66.3 cm³/mol. The quantitative estimate of drug-likeness (QED) is 0.551. The molecule has 14 heavy (non-hydrogen) atoms. The number of hydrogen-bond acceptors (Lipinski definition) is 0. The van der Waals surface area contributed by atoms with E-state index in [1.807, 2.05) is 6.08 Å². The minimum Gasteiger partial charge on any atom is -0.0991 e. The Hall–Kier alpha value is -0.780. The van der Waals surface area contributed by atoms with Crippen molar-refractivity contribution in [1.82, 2.24) is 0 Å². The normalized spacial score (nSPS) is 15.9. The highest BCUT2D eigenvalue weighted by Gasteiger charge is 2.25. The van der Waals surface area contributed by atoms with Crippen LogP contribution in [0.5, 0.6) is 0 Å². The fourth-order valence-corrected chi connectivity index (χ4v) is 1.43. The molecule has 0 rings (SSSR count). The van der Waals surface area contributed by atoms with E-state index in [0.29, 0.717) is 11.3 Å². The summed E-state index contributed by atoms with van der Waals surface area (Å²) in [4.78, 5) is 0. The molecule has 1 atom stereocenters. The van der Waals surface area contributed by atoms with E-state index in [1.54, 1.807) is 0 Å². The lowest BCUT2D eigenvalue weighted by Gasteiger charge is -2.31. The molecule has 0 nitrogen and oxygen atoms in total. The van der Waals surface area contributed by atoms with Gasteiger partial charge in [-0.15, -0.1) is 0 Å². The Morgan fingerprint density at radius 1 is 1.43 bits per heavy atom. The molecule has 0 aromatic rings. The Morgan fingerprint density at radius 2 is 2.00 bits per heavy atom. The molecule has 1 unspecified atom stereocenters. The second kappa shape index (κ2) is 5.85. The van der Waals surface area contributed by atoms with Crippen molar-refractivity contribution in [2.75, 3.05) is 0 Å². The first-order valence-electron chi connectivity index (χ1n) is 5.44. The summed E-state index contributed by atoms with van der Waals surface area (Å²) in [5, 5.41) is 0. The minimum absolute atomic E-state index is 0.356. The first kappa shape index (κ1) is 13.2. The second-order valence-corrected chi connectivity index (χ2v) is 4.47. The van der Waals surface area contributed by atoms with E-state index in [1.165, 1.54) is 12.0 Å². The maximum absolute atomic E-state index is 3.76. The lowest BCUT2D eigenvalue weighted by Crippen LogP contribution is -2.21. The third-order valence-electron chi connectivity index (χ3n) is 3.25. The lowest BCUT2D eigenvalue weighted by atomic mass is 9.74. The van der Waals surface area contributed by atoms with Gasteiger partial charge in [0.1, 0.15) is 0 Å². The van der Waals surface area contributed by atoms with E-state index in [9.17, 15) is 0 Å². The molecule has 0 saturated carbocycles. The van der Waals surface area contributed by atoms with Gasteiger partial charge in [0.05, 0.1) is 0 Å². The molecule has 0 saturated heterocycles. The van der Waals surface area contributed by atoms with E-state index in [-0.39, 0.29) is 0 Å². The van der Waals surface area contributed by atoms with Gasteiger partial charge in [0.25, 0.3) is 0 Å². The summed E-state index contributed by atoms with van der Waals surface area (Å²) < 4.78 is 0. The lowest BCUT2D eigenvalue weighted by molar-refractivity contribution is 0.258. The SMILES string of the molecule is C=C/C=C(\C=C/C)C(C)C(C)(C)CC. The van der Waals surface area contributed by atoms with Crippen molar-refractivity contribution in [1.29, 1.82) is 0 Å². The summed E-state index contributed by atoms with van der Waals surface area (Å²) in [6.45, 7) is 15.0. The van der Waals surface area contributed by atoms with Crippen molar-refractivity contribution in [3.63, 3.8) is 0 Å². The molecule has 0 spiro atoms. The molecule has 0 radical (unpaired) electrons. The zero-order valence-corrected chi connectivity index (χ0v) is 10.3. The van der Waals surface area contributed by atoms with Gasteiger partial charge in [-0.3, -0.25) is 0 Å². The van der Waals surface area contributed by atoms with Crippen LogP contribution in [0.3, 0.4) is 0 Å². The minimum atomic E-state index is 0.356. The second-order valence-electron chi connectivity index (χ2n) is 4.47. The van der Waals surface area contributed by atoms with Crippen LogP contribution in [0.1, 0.15) is 41.0 Å². The Balaban J connectivity index is 4.85. The summed E-state index contributed by atoms with van der Waals surface area (Å²) in [6, 6.07) is 0. The Kier molecular flexibility index (Phi) is 5.52. The molecular weight excluding hydrogens is 168 g/mol. The molecule has 0 aliphatic heterocycles. The van der Waals surface area contributed by atoms with Crippen molar-refractivity contribution in [2.24, 2.45) is 11.3 Å². The van der Waals surface area contributed by atoms with Crippen molar-refractivity contribution >= 4 is 0 Å². The van der Waals surface area contributed by atoms with Crippen LogP contribution in [0.25, 0.3) is 0 Å². The molecule has 0 bridgehead atoms. The van der Waals surface area contributed by atoms with E-state index >= 15 is 0 Å². The van der Waals surface area contributed by atoms with Gasteiger partial charge in [-0.05, 0) is 23.8 Å². The third kappa shape index (κ3) is 3.53. The molecular formula is C14H24. The van der Waals surface area contributed by atoms with Crippen molar-refractivity contribution in [3.05, 3.63) is 36.5 Å². The van der Waals surface area contributed by atoms with Crippen LogP contribution in [0.4, 0.5) is 0 Å². The molecule has 0 aliphatic rings. The molecule has 0 amide bonds. The first-order chi connectivity index (χ1) is 6.49. The fourth-order valence-electron chi connectivity index (χ4n) is 1.43. The van der Waals surface area contributed by atoms with Crippen LogP contribution in [0, 0.1) is 11.3 Å². The average molecular weight is 192 g/mol. The van der Waals surface area contributed by atoms with E-state index in [4.69, 9.17) is 0 Å². The molecule has 0 aromatic carbocycles. The van der Waals surface area contributed by atoms with Crippen molar-refractivity contribution in [2.45, 2.75) is 41.0 Å². The highest BCUT2D eigenvalue weighted by atomic mass is 14.3. The summed E-state index contributed by atoms with van der Waals surface area (Å²) in [5.41, 5.74) is 1.73. The zero-order valence-electron chi connectivity index (χ0n) is 10.3. The Bertz CT molecular complexity index is 228. The van der Waals surface area contributed by atoms with Crippen molar-refractivity contribution < 1.29 is 0 Å². The smallest absolute Gasteiger partial charge is 0.0139 e. The Morgan fingerprint density at radius 3 is 2.36 bits per heavy atom. The molecule has 80 valence electrons. The van der Waals surface area contributed by atoms with Crippen LogP contribution in [-0.4, -0.2) is 0 Å². The van der Waals surface area contributed by atoms with Gasteiger partial charge in [0.15, 0.2) is 0 Å². The van der Waals surface area contributed by atoms with Gasteiger partial charge >= 0.3 is 0 Å². The monoisotopic (exact) mass is 192 g/mol. The molecule has 0 heteroatoms. The van der Waals surface area contributed by atoms with Crippen LogP contribution in [-0.2, 0) is 0 Å². The summed E-state index contributed by atoms with van der Waals surface area (Å²) in [6.07, 6.45) is 9.46. The third-order valence-corrected chi connectivity index (χ3v) is 3.25. The number of rotatable bonds is 5. The van der Waals surface area contributed by atoms with Gasteiger partial charge < -0.3 is 0 Å². The van der Waals surface area contributed by atoms with Crippen molar-refractivity contribution in [3.8, 4) is 0 Å². The Labute approximate surface area is 89.4 Å². The van der Waals surface area contributed by atoms with E-state index in [0.717, 1.165) is 0 Å². The molecule has 0 aliphatic carbocycles. The van der Waals surface area contributed by atoms with Gasteiger partial charge in [-0.2, -0.15) is 0 Å².